The van der Waals surface area contributed by atoms with Gasteiger partial charge in [0.05, 0.1) is 0 Å². The fourth-order valence-corrected chi connectivity index (χ4v) is 2.56. The largest absolute Gasteiger partial charge is 0.330 e. The van der Waals surface area contributed by atoms with Crippen molar-refractivity contribution in [3.63, 3.8) is 0 Å². The summed E-state index contributed by atoms with van der Waals surface area (Å²) in [6, 6.07) is 4.35. The molecule has 0 amide bonds. The zero-order chi connectivity index (χ0) is 11.2. The SMILES string of the molecule is CC1(C)[C@H](CN)[C@H]1c1cccc(F)c1F. The Morgan fingerprint density at radius 2 is 2.00 bits per heavy atom. The van der Waals surface area contributed by atoms with Gasteiger partial charge in [-0.15, -0.1) is 0 Å². The van der Waals surface area contributed by atoms with E-state index in [1.54, 1.807) is 12.1 Å². The molecular weight excluding hydrogens is 196 g/mol. The number of hydrogen-bond acceptors (Lipinski definition) is 1. The van der Waals surface area contributed by atoms with Gasteiger partial charge in [0, 0.05) is 0 Å². The number of halogens is 2. The zero-order valence-electron chi connectivity index (χ0n) is 8.93. The number of nitrogens with two attached hydrogens (primary N) is 1. The Morgan fingerprint density at radius 3 is 2.53 bits per heavy atom. The first kappa shape index (κ1) is 10.6. The summed E-state index contributed by atoms with van der Waals surface area (Å²) in [5.41, 5.74) is 6.07. The topological polar surface area (TPSA) is 26.0 Å². The summed E-state index contributed by atoms with van der Waals surface area (Å²) in [5.74, 6) is -1.18. The van der Waals surface area contributed by atoms with E-state index in [1.165, 1.54) is 0 Å². The molecule has 1 aromatic carbocycles. The fourth-order valence-electron chi connectivity index (χ4n) is 2.56. The van der Waals surface area contributed by atoms with Crippen LogP contribution in [0.2, 0.25) is 0 Å². The van der Waals surface area contributed by atoms with Crippen molar-refractivity contribution in [3.8, 4) is 0 Å². The average Bonchev–Trinajstić information content (AvgIpc) is 2.73. The molecule has 15 heavy (non-hydrogen) atoms. The molecule has 1 aromatic rings. The summed E-state index contributed by atoms with van der Waals surface area (Å²) in [5, 5.41) is 0. The van der Waals surface area contributed by atoms with Gasteiger partial charge >= 0.3 is 0 Å². The third kappa shape index (κ3) is 1.46. The van der Waals surface area contributed by atoms with Crippen LogP contribution in [-0.4, -0.2) is 6.54 Å². The summed E-state index contributed by atoms with van der Waals surface area (Å²) in [7, 11) is 0. The van der Waals surface area contributed by atoms with E-state index in [0.717, 1.165) is 6.07 Å². The van der Waals surface area contributed by atoms with Crippen molar-refractivity contribution >= 4 is 0 Å². The van der Waals surface area contributed by atoms with Gasteiger partial charge in [-0.25, -0.2) is 8.78 Å². The summed E-state index contributed by atoms with van der Waals surface area (Å²) in [6.45, 7) is 4.60. The standard InChI is InChI=1S/C12H15F2N/c1-12(2)8(6-15)10(12)7-4-3-5-9(13)11(7)14/h3-5,8,10H,6,15H2,1-2H3/t8-,10-/m1/s1. The van der Waals surface area contributed by atoms with Crippen LogP contribution < -0.4 is 5.73 Å². The van der Waals surface area contributed by atoms with Crippen molar-refractivity contribution in [1.82, 2.24) is 0 Å². The molecule has 0 bridgehead atoms. The first-order valence-electron chi connectivity index (χ1n) is 5.14. The second kappa shape index (κ2) is 3.27. The molecule has 2 rings (SSSR count). The highest BCUT2D eigenvalue weighted by molar-refractivity contribution is 5.33. The van der Waals surface area contributed by atoms with E-state index in [2.05, 4.69) is 0 Å². The first-order valence-corrected chi connectivity index (χ1v) is 5.14. The number of rotatable bonds is 2. The molecule has 82 valence electrons. The Bertz CT molecular complexity index is 387. The van der Waals surface area contributed by atoms with Crippen LogP contribution in [0.25, 0.3) is 0 Å². The van der Waals surface area contributed by atoms with E-state index in [4.69, 9.17) is 5.73 Å². The zero-order valence-corrected chi connectivity index (χ0v) is 8.93. The second-order valence-corrected chi connectivity index (χ2v) is 4.78. The van der Waals surface area contributed by atoms with Crippen LogP contribution in [0.5, 0.6) is 0 Å². The molecule has 0 saturated heterocycles. The fraction of sp³-hybridized carbons (Fsp3) is 0.500. The third-order valence-electron chi connectivity index (χ3n) is 3.62. The Kier molecular flexibility index (Phi) is 2.30. The summed E-state index contributed by atoms with van der Waals surface area (Å²) >= 11 is 0. The first-order chi connectivity index (χ1) is 7.00. The summed E-state index contributed by atoms with van der Waals surface area (Å²) in [4.78, 5) is 0. The van der Waals surface area contributed by atoms with Crippen LogP contribution >= 0.6 is 0 Å². The molecule has 0 spiro atoms. The molecular formula is C12H15F2N. The highest BCUT2D eigenvalue weighted by atomic mass is 19.2. The minimum Gasteiger partial charge on any atom is -0.330 e. The van der Waals surface area contributed by atoms with Crippen LogP contribution in [0.3, 0.4) is 0 Å². The minimum atomic E-state index is -0.772. The highest BCUT2D eigenvalue weighted by Gasteiger charge is 2.58. The third-order valence-corrected chi connectivity index (χ3v) is 3.62. The smallest absolute Gasteiger partial charge is 0.162 e. The lowest BCUT2D eigenvalue weighted by atomic mass is 10.0. The predicted octanol–water partition coefficient (Wildman–Crippen LogP) is 2.66. The van der Waals surface area contributed by atoms with Gasteiger partial charge in [-0.2, -0.15) is 0 Å². The quantitative estimate of drug-likeness (QED) is 0.799. The molecule has 1 saturated carbocycles. The lowest BCUT2D eigenvalue weighted by Crippen LogP contribution is -2.05. The van der Waals surface area contributed by atoms with Crippen molar-refractivity contribution < 1.29 is 8.78 Å². The second-order valence-electron chi connectivity index (χ2n) is 4.78. The van der Waals surface area contributed by atoms with Gasteiger partial charge < -0.3 is 5.73 Å². The van der Waals surface area contributed by atoms with Crippen molar-refractivity contribution in [1.29, 1.82) is 0 Å². The van der Waals surface area contributed by atoms with Crippen LogP contribution in [-0.2, 0) is 0 Å². The van der Waals surface area contributed by atoms with E-state index < -0.39 is 11.6 Å². The van der Waals surface area contributed by atoms with Gasteiger partial charge in [0.1, 0.15) is 0 Å². The van der Waals surface area contributed by atoms with Crippen molar-refractivity contribution in [2.24, 2.45) is 17.1 Å². The monoisotopic (exact) mass is 211 g/mol. The molecule has 0 aliphatic heterocycles. The van der Waals surface area contributed by atoms with Crippen molar-refractivity contribution in [2.75, 3.05) is 6.54 Å². The summed E-state index contributed by atoms with van der Waals surface area (Å²) in [6.07, 6.45) is 0. The molecule has 1 nitrogen and oxygen atoms in total. The molecule has 0 aromatic heterocycles. The lowest BCUT2D eigenvalue weighted by molar-refractivity contribution is 0.492. The molecule has 1 aliphatic rings. The van der Waals surface area contributed by atoms with E-state index in [-0.39, 0.29) is 17.3 Å². The van der Waals surface area contributed by atoms with Gasteiger partial charge in [-0.05, 0) is 35.4 Å². The van der Waals surface area contributed by atoms with Crippen molar-refractivity contribution in [2.45, 2.75) is 19.8 Å². The highest BCUT2D eigenvalue weighted by Crippen LogP contribution is 2.64. The Labute approximate surface area is 88.3 Å². The number of benzene rings is 1. The lowest BCUT2D eigenvalue weighted by Gasteiger charge is -2.04. The van der Waals surface area contributed by atoms with E-state index >= 15 is 0 Å². The molecule has 3 heteroatoms. The molecule has 0 radical (unpaired) electrons. The Hall–Kier alpha value is -0.960. The maximum Gasteiger partial charge on any atom is 0.162 e. The van der Waals surface area contributed by atoms with Gasteiger partial charge in [0.25, 0.3) is 0 Å². The number of hydrogen-bond donors (Lipinski definition) is 1. The minimum absolute atomic E-state index is 0.0105. The maximum absolute atomic E-state index is 13.5. The van der Waals surface area contributed by atoms with Crippen LogP contribution in [0.4, 0.5) is 8.78 Å². The molecule has 2 atom stereocenters. The normalized spacial score (nSPS) is 27.8. The van der Waals surface area contributed by atoms with Crippen LogP contribution in [0.15, 0.2) is 18.2 Å². The molecule has 0 heterocycles. The van der Waals surface area contributed by atoms with E-state index in [1.807, 2.05) is 13.8 Å². The molecule has 2 N–H and O–H groups in total. The van der Waals surface area contributed by atoms with Crippen LogP contribution in [0.1, 0.15) is 25.3 Å². The molecule has 0 unspecified atom stereocenters. The van der Waals surface area contributed by atoms with Gasteiger partial charge in [0.15, 0.2) is 11.6 Å². The van der Waals surface area contributed by atoms with Gasteiger partial charge in [0.2, 0.25) is 0 Å². The molecule has 1 aliphatic carbocycles. The van der Waals surface area contributed by atoms with Crippen molar-refractivity contribution in [3.05, 3.63) is 35.4 Å². The van der Waals surface area contributed by atoms with Crippen LogP contribution in [0, 0.1) is 23.0 Å². The average molecular weight is 211 g/mol. The Balaban J connectivity index is 2.37. The van der Waals surface area contributed by atoms with E-state index in [0.29, 0.717) is 12.1 Å². The summed E-state index contributed by atoms with van der Waals surface area (Å²) < 4.78 is 26.6. The van der Waals surface area contributed by atoms with E-state index in [9.17, 15) is 8.78 Å². The Morgan fingerprint density at radius 1 is 1.33 bits per heavy atom. The van der Waals surface area contributed by atoms with Gasteiger partial charge in [-0.1, -0.05) is 26.0 Å². The molecule has 1 fully saturated rings. The predicted molar refractivity (Wildman–Crippen MR) is 55.4 cm³/mol. The van der Waals surface area contributed by atoms with Gasteiger partial charge in [-0.3, -0.25) is 0 Å². The maximum atomic E-state index is 13.5.